The van der Waals surface area contributed by atoms with Crippen molar-refractivity contribution in [2.75, 3.05) is 7.05 Å². The third kappa shape index (κ3) is 2.18. The number of hydrogen-bond acceptors (Lipinski definition) is 2. The minimum absolute atomic E-state index is 0.150. The maximum absolute atomic E-state index is 12.9. The van der Waals surface area contributed by atoms with E-state index in [0.29, 0.717) is 12.2 Å². The molecule has 17 heavy (non-hydrogen) atoms. The summed E-state index contributed by atoms with van der Waals surface area (Å²) >= 11 is 0. The van der Waals surface area contributed by atoms with Gasteiger partial charge in [-0.15, -0.1) is 0 Å². The van der Waals surface area contributed by atoms with Crippen LogP contribution in [0.15, 0.2) is 0 Å². The Labute approximate surface area is 98.0 Å². The van der Waals surface area contributed by atoms with Crippen molar-refractivity contribution >= 4 is 0 Å². The molecule has 0 aromatic carbocycles. The Balaban J connectivity index is 2.44. The second-order valence-corrected chi connectivity index (χ2v) is 4.36. The molecule has 0 amide bonds. The van der Waals surface area contributed by atoms with E-state index in [1.165, 1.54) is 7.05 Å². The van der Waals surface area contributed by atoms with Gasteiger partial charge in [0.1, 0.15) is 11.9 Å². The average molecular weight is 247 g/mol. The molecule has 1 unspecified atom stereocenters. The van der Waals surface area contributed by atoms with Gasteiger partial charge in [-0.25, -0.2) is 4.98 Å². The quantitative estimate of drug-likeness (QED) is 0.869. The number of nitrogens with zero attached hydrogens (tertiary/aromatic N) is 2. The molecule has 96 valence electrons. The van der Waals surface area contributed by atoms with Crippen LogP contribution in [0, 0.1) is 6.92 Å². The molecule has 0 spiro atoms. The number of aryl methyl sites for hydroxylation is 1. The molecule has 0 bridgehead atoms. The minimum atomic E-state index is -4.30. The van der Waals surface area contributed by atoms with Crippen LogP contribution in [0.25, 0.3) is 0 Å². The van der Waals surface area contributed by atoms with E-state index in [0.717, 1.165) is 25.1 Å². The summed E-state index contributed by atoms with van der Waals surface area (Å²) in [5.74, 6) is 0.680. The molecular formula is C11H16F3N3. The first kappa shape index (κ1) is 12.4. The van der Waals surface area contributed by atoms with Crippen molar-refractivity contribution in [3.8, 4) is 0 Å². The SMILES string of the molecule is CNC(c1nc(C)n2c1CCCC2)C(F)(F)F. The molecule has 0 radical (unpaired) electrons. The van der Waals surface area contributed by atoms with Crippen LogP contribution in [-0.2, 0) is 13.0 Å². The molecule has 6 heteroatoms. The standard InChI is InChI=1S/C11H16F3N3/c1-7-16-9(10(15-2)11(12,13)14)8-5-3-4-6-17(7)8/h10,15H,3-6H2,1-2H3. The molecule has 1 aliphatic heterocycles. The van der Waals surface area contributed by atoms with Gasteiger partial charge in [-0.2, -0.15) is 13.2 Å². The average Bonchev–Trinajstić information content (AvgIpc) is 2.56. The Kier molecular flexibility index (Phi) is 3.16. The van der Waals surface area contributed by atoms with Gasteiger partial charge in [0.15, 0.2) is 0 Å². The Hall–Kier alpha value is -1.04. The Morgan fingerprint density at radius 2 is 2.06 bits per heavy atom. The number of aromatic nitrogens is 2. The summed E-state index contributed by atoms with van der Waals surface area (Å²) in [6.07, 6.45) is -1.66. The van der Waals surface area contributed by atoms with Crippen molar-refractivity contribution in [2.45, 2.75) is 44.9 Å². The van der Waals surface area contributed by atoms with Gasteiger partial charge in [-0.3, -0.25) is 0 Å². The van der Waals surface area contributed by atoms with Crippen LogP contribution in [0.1, 0.15) is 36.1 Å². The number of rotatable bonds is 2. The topological polar surface area (TPSA) is 29.9 Å². The summed E-state index contributed by atoms with van der Waals surface area (Å²) in [7, 11) is 1.32. The zero-order chi connectivity index (χ0) is 12.6. The van der Waals surface area contributed by atoms with E-state index in [1.807, 2.05) is 4.57 Å². The minimum Gasteiger partial charge on any atom is -0.332 e. The number of nitrogens with one attached hydrogen (secondary N) is 1. The van der Waals surface area contributed by atoms with E-state index in [2.05, 4.69) is 10.3 Å². The van der Waals surface area contributed by atoms with Crippen LogP contribution in [0.3, 0.4) is 0 Å². The molecule has 1 aromatic rings. The van der Waals surface area contributed by atoms with E-state index >= 15 is 0 Å². The van der Waals surface area contributed by atoms with Crippen LogP contribution in [0.5, 0.6) is 0 Å². The second kappa shape index (κ2) is 4.33. The lowest BCUT2D eigenvalue weighted by molar-refractivity contribution is -0.157. The summed E-state index contributed by atoms with van der Waals surface area (Å²) < 4.78 is 40.5. The predicted molar refractivity (Wildman–Crippen MR) is 57.8 cm³/mol. The molecular weight excluding hydrogens is 231 g/mol. The fraction of sp³-hybridized carbons (Fsp3) is 0.727. The monoisotopic (exact) mass is 247 g/mol. The number of alkyl halides is 3. The fourth-order valence-electron chi connectivity index (χ4n) is 2.44. The van der Waals surface area contributed by atoms with Crippen LogP contribution in [-0.4, -0.2) is 22.8 Å². The molecule has 1 atom stereocenters. The van der Waals surface area contributed by atoms with Gasteiger partial charge in [-0.05, 0) is 33.2 Å². The lowest BCUT2D eigenvalue weighted by Gasteiger charge is -2.21. The van der Waals surface area contributed by atoms with E-state index < -0.39 is 12.2 Å². The smallest absolute Gasteiger partial charge is 0.332 e. The van der Waals surface area contributed by atoms with Crippen LogP contribution >= 0.6 is 0 Å². The van der Waals surface area contributed by atoms with Gasteiger partial charge in [-0.1, -0.05) is 0 Å². The highest BCUT2D eigenvalue weighted by Crippen LogP contribution is 2.35. The van der Waals surface area contributed by atoms with Gasteiger partial charge < -0.3 is 9.88 Å². The van der Waals surface area contributed by atoms with Crippen LogP contribution < -0.4 is 5.32 Å². The zero-order valence-corrected chi connectivity index (χ0v) is 9.93. The maximum atomic E-state index is 12.9. The summed E-state index contributed by atoms with van der Waals surface area (Å²) in [5, 5.41) is 2.32. The Morgan fingerprint density at radius 1 is 1.35 bits per heavy atom. The van der Waals surface area contributed by atoms with Gasteiger partial charge in [0.25, 0.3) is 0 Å². The fourth-order valence-corrected chi connectivity index (χ4v) is 2.44. The van der Waals surface area contributed by atoms with Gasteiger partial charge in [0.05, 0.1) is 5.69 Å². The highest BCUT2D eigenvalue weighted by Gasteiger charge is 2.43. The number of imidazole rings is 1. The predicted octanol–water partition coefficient (Wildman–Crippen LogP) is 2.35. The molecule has 0 aliphatic carbocycles. The van der Waals surface area contributed by atoms with E-state index in [-0.39, 0.29) is 5.69 Å². The lowest BCUT2D eigenvalue weighted by atomic mass is 10.0. The Bertz CT molecular complexity index is 409. The van der Waals surface area contributed by atoms with Crippen molar-refractivity contribution in [3.63, 3.8) is 0 Å². The highest BCUT2D eigenvalue weighted by molar-refractivity contribution is 5.23. The summed E-state index contributed by atoms with van der Waals surface area (Å²) in [6, 6.07) is -1.66. The molecule has 1 aromatic heterocycles. The molecule has 0 saturated carbocycles. The molecule has 1 aliphatic rings. The van der Waals surface area contributed by atoms with Gasteiger partial charge >= 0.3 is 6.18 Å². The second-order valence-electron chi connectivity index (χ2n) is 4.36. The van der Waals surface area contributed by atoms with Crippen LogP contribution in [0.2, 0.25) is 0 Å². The van der Waals surface area contributed by atoms with Crippen LogP contribution in [0.4, 0.5) is 13.2 Å². The van der Waals surface area contributed by atoms with Gasteiger partial charge in [0.2, 0.25) is 0 Å². The molecule has 3 nitrogen and oxygen atoms in total. The largest absolute Gasteiger partial charge is 0.409 e. The number of halogens is 3. The first-order valence-corrected chi connectivity index (χ1v) is 5.75. The molecule has 2 heterocycles. The van der Waals surface area contributed by atoms with Crippen molar-refractivity contribution in [1.29, 1.82) is 0 Å². The summed E-state index contributed by atoms with van der Waals surface area (Å²) in [5.41, 5.74) is 0.891. The first-order chi connectivity index (χ1) is 7.95. The first-order valence-electron chi connectivity index (χ1n) is 5.75. The number of fused-ring (bicyclic) bond motifs is 1. The van der Waals surface area contributed by atoms with E-state index in [4.69, 9.17) is 0 Å². The van der Waals surface area contributed by atoms with Crippen molar-refractivity contribution < 1.29 is 13.2 Å². The van der Waals surface area contributed by atoms with Crippen molar-refractivity contribution in [1.82, 2.24) is 14.9 Å². The van der Waals surface area contributed by atoms with E-state index in [1.54, 1.807) is 6.92 Å². The van der Waals surface area contributed by atoms with E-state index in [9.17, 15) is 13.2 Å². The maximum Gasteiger partial charge on any atom is 0.409 e. The van der Waals surface area contributed by atoms with Gasteiger partial charge in [0, 0.05) is 12.2 Å². The lowest BCUT2D eigenvalue weighted by Crippen LogP contribution is -2.33. The summed E-state index contributed by atoms with van der Waals surface area (Å²) in [6.45, 7) is 2.55. The highest BCUT2D eigenvalue weighted by atomic mass is 19.4. The third-order valence-electron chi connectivity index (χ3n) is 3.23. The van der Waals surface area contributed by atoms with Crippen molar-refractivity contribution in [2.24, 2.45) is 0 Å². The Morgan fingerprint density at radius 3 is 2.65 bits per heavy atom. The normalized spacial score (nSPS) is 17.9. The molecule has 1 N–H and O–H groups in total. The van der Waals surface area contributed by atoms with Crippen molar-refractivity contribution in [3.05, 3.63) is 17.2 Å². The zero-order valence-electron chi connectivity index (χ0n) is 9.93. The number of hydrogen-bond donors (Lipinski definition) is 1. The molecule has 0 saturated heterocycles. The third-order valence-corrected chi connectivity index (χ3v) is 3.23. The summed E-state index contributed by atoms with van der Waals surface area (Å²) in [4.78, 5) is 4.11. The molecule has 0 fully saturated rings. The molecule has 2 rings (SSSR count).